The molecule has 1 fully saturated rings. The standard InChI is InChI=1S/C21H17BClF7N4O3/c22-20(11-8-31-10-32-9-11,18(36)33-12-3-5-19(26,27)6-4-12)34(17(35)16(23)25)15-2-1-13(7-14(15)24)37-21(28,29)30/h1-2,7-10,12,16H,3-6H2,(H,33,36)/t16-,20+/m0/s1. The van der Waals surface area contributed by atoms with E-state index in [1.54, 1.807) is 0 Å². The maximum Gasteiger partial charge on any atom is 0.573 e. The number of rotatable bonds is 7. The zero-order valence-electron chi connectivity index (χ0n) is 18.6. The highest BCUT2D eigenvalue weighted by Crippen LogP contribution is 2.38. The smallest absolute Gasteiger partial charge is 0.406 e. The lowest BCUT2D eigenvalue weighted by Crippen LogP contribution is -2.62. The van der Waals surface area contributed by atoms with Crippen LogP contribution in [0.15, 0.2) is 36.9 Å². The molecule has 0 spiro atoms. The van der Waals surface area contributed by atoms with Crippen molar-refractivity contribution in [3.05, 3.63) is 48.3 Å². The average Bonchev–Trinajstić information content (AvgIpc) is 2.81. The molecule has 16 heteroatoms. The monoisotopic (exact) mass is 552 g/mol. The van der Waals surface area contributed by atoms with Crippen LogP contribution in [0.5, 0.6) is 5.75 Å². The molecule has 0 bridgehead atoms. The number of carbonyl (C=O) groups is 2. The van der Waals surface area contributed by atoms with Gasteiger partial charge in [-0.1, -0.05) is 11.6 Å². The molecule has 1 aromatic carbocycles. The quantitative estimate of drug-likeness (QED) is 0.318. The summed E-state index contributed by atoms with van der Waals surface area (Å²) < 4.78 is 97.5. The maximum atomic E-state index is 15.0. The van der Waals surface area contributed by atoms with Crippen LogP contribution in [0.2, 0.25) is 0 Å². The van der Waals surface area contributed by atoms with Gasteiger partial charge in [0.25, 0.3) is 11.5 Å². The predicted octanol–water partition coefficient (Wildman–Crippen LogP) is 4.10. The van der Waals surface area contributed by atoms with E-state index >= 15 is 4.39 Å². The molecule has 3 rings (SSSR count). The van der Waals surface area contributed by atoms with Crippen LogP contribution >= 0.6 is 11.6 Å². The van der Waals surface area contributed by atoms with Crippen molar-refractivity contribution < 1.29 is 45.1 Å². The Balaban J connectivity index is 2.10. The van der Waals surface area contributed by atoms with Crippen LogP contribution in [0.4, 0.5) is 36.4 Å². The number of alkyl halides is 7. The van der Waals surface area contributed by atoms with E-state index < -0.39 is 71.3 Å². The topological polar surface area (TPSA) is 84.4 Å². The average molecular weight is 553 g/mol. The second kappa shape index (κ2) is 10.7. The number of nitrogens with zero attached hydrogens (tertiary/aromatic N) is 3. The Morgan fingerprint density at radius 3 is 2.30 bits per heavy atom. The van der Waals surface area contributed by atoms with E-state index in [1.807, 2.05) is 0 Å². The third-order valence-electron chi connectivity index (χ3n) is 5.55. The fraction of sp³-hybridized carbons (Fsp3) is 0.429. The number of ether oxygens (including phenoxy) is 1. The van der Waals surface area contributed by atoms with Gasteiger partial charge in [-0.15, -0.1) is 13.2 Å². The van der Waals surface area contributed by atoms with Crippen molar-refractivity contribution in [1.29, 1.82) is 0 Å². The van der Waals surface area contributed by atoms with Gasteiger partial charge in [0.1, 0.15) is 25.4 Å². The van der Waals surface area contributed by atoms with E-state index in [0.717, 1.165) is 18.7 Å². The zero-order chi connectivity index (χ0) is 27.6. The van der Waals surface area contributed by atoms with E-state index in [-0.39, 0.29) is 29.4 Å². The number of nitrogens with one attached hydrogen (secondary N) is 1. The summed E-state index contributed by atoms with van der Waals surface area (Å²) >= 11 is 5.31. The third-order valence-corrected chi connectivity index (χ3v) is 5.74. The largest absolute Gasteiger partial charge is 0.573 e. The molecular weight excluding hydrogens is 536 g/mol. The lowest BCUT2D eigenvalue weighted by Gasteiger charge is -2.42. The van der Waals surface area contributed by atoms with Gasteiger partial charge in [0.2, 0.25) is 11.8 Å². The normalized spacial score (nSPS) is 18.4. The molecule has 0 saturated heterocycles. The number of halogens is 8. The SMILES string of the molecule is [B][C@](C(=O)NC1CCC(F)(F)CC1)(c1cncnc1)N(C(=O)[C@H](F)Cl)c1ccc(OC(F)(F)F)cc1F. The maximum absolute atomic E-state index is 15.0. The van der Waals surface area contributed by atoms with Gasteiger partial charge in [-0.05, 0) is 25.0 Å². The molecule has 1 aliphatic rings. The second-order valence-electron chi connectivity index (χ2n) is 8.13. The van der Waals surface area contributed by atoms with E-state index in [0.29, 0.717) is 12.1 Å². The Morgan fingerprint density at radius 1 is 1.19 bits per heavy atom. The van der Waals surface area contributed by atoms with Gasteiger partial charge in [0.05, 0.1) is 5.69 Å². The number of hydrogen-bond donors (Lipinski definition) is 1. The van der Waals surface area contributed by atoms with Gasteiger partial charge in [-0.3, -0.25) is 14.5 Å². The first-order valence-electron chi connectivity index (χ1n) is 10.5. The molecule has 1 heterocycles. The summed E-state index contributed by atoms with van der Waals surface area (Å²) in [6, 6.07) is 0.568. The molecule has 1 aliphatic carbocycles. The van der Waals surface area contributed by atoms with Crippen molar-refractivity contribution in [1.82, 2.24) is 15.3 Å². The summed E-state index contributed by atoms with van der Waals surface area (Å²) in [6.45, 7) is 0. The zero-order valence-corrected chi connectivity index (χ0v) is 19.4. The molecule has 0 aliphatic heterocycles. The van der Waals surface area contributed by atoms with E-state index in [2.05, 4.69) is 20.0 Å². The number of hydrogen-bond acceptors (Lipinski definition) is 5. The van der Waals surface area contributed by atoms with Crippen molar-refractivity contribution in [3.8, 4) is 5.75 Å². The lowest BCUT2D eigenvalue weighted by molar-refractivity contribution is -0.274. The minimum absolute atomic E-state index is 0.100. The van der Waals surface area contributed by atoms with Crippen molar-refractivity contribution in [2.24, 2.45) is 0 Å². The third kappa shape index (κ3) is 6.62. The summed E-state index contributed by atoms with van der Waals surface area (Å²) in [5.41, 5.74) is -7.04. The van der Waals surface area contributed by atoms with Gasteiger partial charge >= 0.3 is 6.36 Å². The van der Waals surface area contributed by atoms with E-state index in [1.165, 1.54) is 0 Å². The number of benzene rings is 1. The minimum atomic E-state index is -5.18. The van der Waals surface area contributed by atoms with Crippen LogP contribution < -0.4 is 15.0 Å². The number of aromatic nitrogens is 2. The van der Waals surface area contributed by atoms with Crippen molar-refractivity contribution in [2.75, 3.05) is 4.90 Å². The Kier molecular flexibility index (Phi) is 8.25. The first kappa shape index (κ1) is 28.5. The molecule has 1 aromatic heterocycles. The summed E-state index contributed by atoms with van der Waals surface area (Å²) in [7, 11) is 6.32. The molecule has 1 saturated carbocycles. The van der Waals surface area contributed by atoms with Gasteiger partial charge < -0.3 is 10.1 Å². The first-order valence-corrected chi connectivity index (χ1v) is 11.0. The fourth-order valence-electron chi connectivity index (χ4n) is 3.78. The van der Waals surface area contributed by atoms with E-state index in [4.69, 9.17) is 19.4 Å². The minimum Gasteiger partial charge on any atom is -0.406 e. The molecule has 2 aromatic rings. The Labute approximate surface area is 211 Å². The van der Waals surface area contributed by atoms with Crippen LogP contribution in [0.1, 0.15) is 31.2 Å². The van der Waals surface area contributed by atoms with Gasteiger partial charge in [0, 0.05) is 42.9 Å². The Bertz CT molecular complexity index is 1130. The van der Waals surface area contributed by atoms with Crippen LogP contribution in [0.3, 0.4) is 0 Å². The molecule has 198 valence electrons. The van der Waals surface area contributed by atoms with Crippen LogP contribution in [-0.2, 0) is 15.0 Å². The van der Waals surface area contributed by atoms with Crippen LogP contribution in [0, 0.1) is 5.82 Å². The Hall–Kier alpha value is -3.10. The first-order chi connectivity index (χ1) is 17.1. The molecule has 2 atom stereocenters. The summed E-state index contributed by atoms with van der Waals surface area (Å²) in [5, 5.41) is 2.39. The number of carbonyl (C=O) groups excluding carboxylic acids is 2. The van der Waals surface area contributed by atoms with Crippen molar-refractivity contribution >= 4 is 36.9 Å². The van der Waals surface area contributed by atoms with Gasteiger partial charge in [0.15, 0.2) is 5.82 Å². The molecule has 37 heavy (non-hydrogen) atoms. The van der Waals surface area contributed by atoms with Gasteiger partial charge in [-0.25, -0.2) is 27.5 Å². The molecular formula is C21H17BClF7N4O3. The molecule has 7 nitrogen and oxygen atoms in total. The lowest BCUT2D eigenvalue weighted by atomic mass is 9.69. The van der Waals surface area contributed by atoms with Gasteiger partial charge in [-0.2, -0.15) is 0 Å². The molecule has 2 radical (unpaired) electrons. The highest BCUT2D eigenvalue weighted by Gasteiger charge is 2.48. The molecule has 1 N–H and O–H groups in total. The fourth-order valence-corrected chi connectivity index (χ4v) is 3.88. The molecule has 2 amide bonds. The Morgan fingerprint density at radius 2 is 1.78 bits per heavy atom. The summed E-state index contributed by atoms with van der Waals surface area (Å²) in [5.74, 6) is -8.56. The number of amides is 2. The van der Waals surface area contributed by atoms with Crippen LogP contribution in [0.25, 0.3) is 0 Å². The number of anilines is 1. The van der Waals surface area contributed by atoms with Crippen molar-refractivity contribution in [2.45, 2.75) is 55.1 Å². The van der Waals surface area contributed by atoms with Crippen molar-refractivity contribution in [3.63, 3.8) is 0 Å². The second-order valence-corrected chi connectivity index (χ2v) is 8.52. The summed E-state index contributed by atoms with van der Waals surface area (Å²) in [4.78, 5) is 33.8. The highest BCUT2D eigenvalue weighted by atomic mass is 35.5. The summed E-state index contributed by atoms with van der Waals surface area (Å²) in [6.07, 6.45) is -3.74. The van der Waals surface area contributed by atoms with Crippen LogP contribution in [-0.4, -0.2) is 53.6 Å². The highest BCUT2D eigenvalue weighted by molar-refractivity contribution is 6.37. The predicted molar refractivity (Wildman–Crippen MR) is 116 cm³/mol. The molecule has 0 unspecified atom stereocenters. The van der Waals surface area contributed by atoms with E-state index in [9.17, 15) is 35.9 Å².